The summed E-state index contributed by atoms with van der Waals surface area (Å²) in [6.07, 6.45) is -0.882. The van der Waals surface area contributed by atoms with Crippen LogP contribution < -0.4 is 14.4 Å². The van der Waals surface area contributed by atoms with Gasteiger partial charge in [0, 0.05) is 32.1 Å². The largest absolute Gasteiger partial charge is 0.497 e. The van der Waals surface area contributed by atoms with Crippen molar-refractivity contribution in [2.24, 2.45) is 5.92 Å². The third kappa shape index (κ3) is 4.61. The van der Waals surface area contributed by atoms with E-state index in [4.69, 9.17) is 18.9 Å². The van der Waals surface area contributed by atoms with Gasteiger partial charge in [0.1, 0.15) is 11.5 Å². The molecule has 2 heterocycles. The Kier molecular flexibility index (Phi) is 6.58. The summed E-state index contributed by atoms with van der Waals surface area (Å²) in [7, 11) is 3.05. The number of amides is 2. The zero-order chi connectivity index (χ0) is 21.0. The number of nitrogens with zero attached hydrogens (tertiary/aromatic N) is 2. The molecule has 2 fully saturated rings. The summed E-state index contributed by atoms with van der Waals surface area (Å²) in [6.45, 7) is 3.63. The SMILES string of the molecule is COc1ccc(N2C[C@H](C(=O)O[C@@H](C)C(=O)N3CCOCC3)CC2=O)c(OC)c1. The van der Waals surface area contributed by atoms with E-state index in [1.807, 2.05) is 0 Å². The van der Waals surface area contributed by atoms with Crippen LogP contribution in [-0.2, 0) is 23.9 Å². The number of ether oxygens (including phenoxy) is 4. The smallest absolute Gasteiger partial charge is 0.312 e. The van der Waals surface area contributed by atoms with Crippen molar-refractivity contribution in [1.82, 2.24) is 4.90 Å². The van der Waals surface area contributed by atoms with Gasteiger partial charge in [0.05, 0.1) is 39.0 Å². The van der Waals surface area contributed by atoms with Gasteiger partial charge in [-0.05, 0) is 19.1 Å². The van der Waals surface area contributed by atoms with E-state index in [2.05, 4.69) is 0 Å². The molecule has 9 nitrogen and oxygen atoms in total. The van der Waals surface area contributed by atoms with Crippen LogP contribution in [0.25, 0.3) is 0 Å². The van der Waals surface area contributed by atoms with Gasteiger partial charge in [0.2, 0.25) is 5.91 Å². The molecule has 1 aromatic carbocycles. The normalized spacial score (nSPS) is 20.4. The molecule has 2 amide bonds. The average molecular weight is 406 g/mol. The van der Waals surface area contributed by atoms with Crippen molar-refractivity contribution in [2.45, 2.75) is 19.4 Å². The second-order valence-electron chi connectivity index (χ2n) is 6.96. The molecule has 29 heavy (non-hydrogen) atoms. The molecule has 9 heteroatoms. The minimum absolute atomic E-state index is 0.0203. The molecule has 0 aliphatic carbocycles. The molecule has 0 N–H and O–H groups in total. The Morgan fingerprint density at radius 2 is 1.90 bits per heavy atom. The standard InChI is InChI=1S/C20H26N2O7/c1-13(19(24)21-6-8-28-9-7-21)29-20(25)14-10-18(23)22(12-14)16-5-4-15(26-2)11-17(16)27-3/h4-5,11,13-14H,6-10,12H2,1-3H3/t13-,14+/m0/s1. The molecule has 0 saturated carbocycles. The van der Waals surface area contributed by atoms with Crippen molar-refractivity contribution >= 4 is 23.5 Å². The molecule has 2 aliphatic rings. The van der Waals surface area contributed by atoms with Crippen molar-refractivity contribution in [1.29, 1.82) is 0 Å². The summed E-state index contributed by atoms with van der Waals surface area (Å²) in [5.41, 5.74) is 0.561. The van der Waals surface area contributed by atoms with Gasteiger partial charge in [-0.1, -0.05) is 0 Å². The number of esters is 1. The third-order valence-electron chi connectivity index (χ3n) is 5.10. The first-order valence-corrected chi connectivity index (χ1v) is 9.54. The van der Waals surface area contributed by atoms with E-state index in [1.54, 1.807) is 37.1 Å². The van der Waals surface area contributed by atoms with Crippen LogP contribution in [0.1, 0.15) is 13.3 Å². The molecule has 2 atom stereocenters. The number of carbonyl (C=O) groups is 3. The summed E-state index contributed by atoms with van der Waals surface area (Å²) in [4.78, 5) is 40.6. The summed E-state index contributed by atoms with van der Waals surface area (Å²) >= 11 is 0. The van der Waals surface area contributed by atoms with Gasteiger partial charge < -0.3 is 28.7 Å². The Bertz CT molecular complexity index is 776. The van der Waals surface area contributed by atoms with Gasteiger partial charge in [-0.3, -0.25) is 14.4 Å². The fourth-order valence-electron chi connectivity index (χ4n) is 3.47. The van der Waals surface area contributed by atoms with Crippen LogP contribution in [-0.4, -0.2) is 75.9 Å². The summed E-state index contributed by atoms with van der Waals surface area (Å²) in [5.74, 6) is -0.579. The molecule has 2 saturated heterocycles. The van der Waals surface area contributed by atoms with Crippen molar-refractivity contribution in [3.63, 3.8) is 0 Å². The predicted molar refractivity (Wildman–Crippen MR) is 103 cm³/mol. The van der Waals surface area contributed by atoms with Gasteiger partial charge in [-0.15, -0.1) is 0 Å². The Labute approximate surface area is 169 Å². The third-order valence-corrected chi connectivity index (χ3v) is 5.10. The number of methoxy groups -OCH3 is 2. The highest BCUT2D eigenvalue weighted by Crippen LogP contribution is 2.36. The van der Waals surface area contributed by atoms with Crippen LogP contribution in [0.3, 0.4) is 0 Å². The van der Waals surface area contributed by atoms with E-state index in [0.717, 1.165) is 0 Å². The fourth-order valence-corrected chi connectivity index (χ4v) is 3.47. The van der Waals surface area contributed by atoms with Crippen molar-refractivity contribution in [2.75, 3.05) is 52.0 Å². The van der Waals surface area contributed by atoms with Gasteiger partial charge in [-0.25, -0.2) is 0 Å². The maximum atomic E-state index is 12.6. The maximum absolute atomic E-state index is 12.6. The lowest BCUT2D eigenvalue weighted by molar-refractivity contribution is -0.163. The lowest BCUT2D eigenvalue weighted by Gasteiger charge is -2.29. The van der Waals surface area contributed by atoms with Gasteiger partial charge in [-0.2, -0.15) is 0 Å². The quantitative estimate of drug-likeness (QED) is 0.647. The molecule has 3 rings (SSSR count). The molecule has 0 spiro atoms. The Balaban J connectivity index is 1.63. The van der Waals surface area contributed by atoms with Gasteiger partial charge in [0.15, 0.2) is 6.10 Å². The van der Waals surface area contributed by atoms with Crippen LogP contribution >= 0.6 is 0 Å². The highest BCUT2D eigenvalue weighted by molar-refractivity contribution is 6.01. The zero-order valence-electron chi connectivity index (χ0n) is 16.9. The van der Waals surface area contributed by atoms with E-state index in [9.17, 15) is 14.4 Å². The first-order chi connectivity index (χ1) is 13.9. The monoisotopic (exact) mass is 406 g/mol. The second-order valence-corrected chi connectivity index (χ2v) is 6.96. The molecule has 0 unspecified atom stereocenters. The number of anilines is 1. The maximum Gasteiger partial charge on any atom is 0.312 e. The number of rotatable bonds is 6. The van der Waals surface area contributed by atoms with Crippen LogP contribution in [0.15, 0.2) is 18.2 Å². The number of hydrogen-bond donors (Lipinski definition) is 0. The Morgan fingerprint density at radius 3 is 2.55 bits per heavy atom. The molecule has 2 aliphatic heterocycles. The van der Waals surface area contributed by atoms with E-state index >= 15 is 0 Å². The van der Waals surface area contributed by atoms with E-state index < -0.39 is 18.0 Å². The highest BCUT2D eigenvalue weighted by atomic mass is 16.5. The van der Waals surface area contributed by atoms with Crippen molar-refractivity contribution < 1.29 is 33.3 Å². The molecule has 0 bridgehead atoms. The van der Waals surface area contributed by atoms with E-state index in [0.29, 0.717) is 43.5 Å². The van der Waals surface area contributed by atoms with E-state index in [-0.39, 0.29) is 24.8 Å². The predicted octanol–water partition coefficient (Wildman–Crippen LogP) is 0.847. The topological polar surface area (TPSA) is 94.6 Å². The lowest BCUT2D eigenvalue weighted by Crippen LogP contribution is -2.46. The summed E-state index contributed by atoms with van der Waals surface area (Å²) in [6, 6.07) is 5.12. The average Bonchev–Trinajstić information content (AvgIpc) is 3.14. The highest BCUT2D eigenvalue weighted by Gasteiger charge is 2.38. The van der Waals surface area contributed by atoms with Crippen LogP contribution in [0.2, 0.25) is 0 Å². The fraction of sp³-hybridized carbons (Fsp3) is 0.550. The molecular weight excluding hydrogens is 380 g/mol. The zero-order valence-corrected chi connectivity index (χ0v) is 16.9. The van der Waals surface area contributed by atoms with Gasteiger partial charge >= 0.3 is 5.97 Å². The number of carbonyl (C=O) groups excluding carboxylic acids is 3. The number of hydrogen-bond acceptors (Lipinski definition) is 7. The minimum Gasteiger partial charge on any atom is -0.497 e. The number of morpholine rings is 1. The molecule has 0 aromatic heterocycles. The van der Waals surface area contributed by atoms with Crippen LogP contribution in [0.4, 0.5) is 5.69 Å². The molecule has 0 radical (unpaired) electrons. The molecular formula is C20H26N2O7. The van der Waals surface area contributed by atoms with E-state index in [1.165, 1.54) is 12.0 Å². The van der Waals surface area contributed by atoms with Crippen LogP contribution in [0, 0.1) is 5.92 Å². The Morgan fingerprint density at radius 1 is 1.17 bits per heavy atom. The number of benzene rings is 1. The summed E-state index contributed by atoms with van der Waals surface area (Å²) < 4.78 is 21.1. The lowest BCUT2D eigenvalue weighted by atomic mass is 10.1. The van der Waals surface area contributed by atoms with Crippen molar-refractivity contribution in [3.8, 4) is 11.5 Å². The summed E-state index contributed by atoms with van der Waals surface area (Å²) in [5, 5.41) is 0. The first-order valence-electron chi connectivity index (χ1n) is 9.54. The Hall–Kier alpha value is -2.81. The van der Waals surface area contributed by atoms with Crippen LogP contribution in [0.5, 0.6) is 11.5 Å². The molecule has 1 aromatic rings. The van der Waals surface area contributed by atoms with Crippen molar-refractivity contribution in [3.05, 3.63) is 18.2 Å². The first kappa shape index (κ1) is 20.9. The molecule has 158 valence electrons. The minimum atomic E-state index is -0.903. The van der Waals surface area contributed by atoms with Gasteiger partial charge in [0.25, 0.3) is 5.91 Å². The second kappa shape index (κ2) is 9.13.